The van der Waals surface area contributed by atoms with Crippen LogP contribution in [0.25, 0.3) is 0 Å². The summed E-state index contributed by atoms with van der Waals surface area (Å²) in [6.45, 7) is 5.31. The standard InChI is InChI=1S/C14H23N9O2/c1-8(2)25-14-17-12(16-6-10-19-20-21-22(10)3)11(15)13(18-14)23-5-4-9(24)7-23/h8-9,24H,4-7,15H2,1-3H3,(H,16,17,18). The van der Waals surface area contributed by atoms with Gasteiger partial charge in [-0.15, -0.1) is 5.10 Å². The van der Waals surface area contributed by atoms with Crippen LogP contribution in [0.2, 0.25) is 0 Å². The second-order valence-electron chi connectivity index (χ2n) is 6.22. The number of aliphatic hydroxyl groups is 1. The number of aryl methyl sites for hydroxylation is 1. The number of anilines is 3. The van der Waals surface area contributed by atoms with Crippen molar-refractivity contribution in [2.45, 2.75) is 39.0 Å². The van der Waals surface area contributed by atoms with Gasteiger partial charge in [-0.3, -0.25) is 0 Å². The molecule has 25 heavy (non-hydrogen) atoms. The molecular formula is C14H23N9O2. The van der Waals surface area contributed by atoms with Crippen LogP contribution in [0, 0.1) is 0 Å². The van der Waals surface area contributed by atoms with Crippen molar-refractivity contribution >= 4 is 17.3 Å². The molecule has 1 unspecified atom stereocenters. The molecule has 1 fully saturated rings. The molecule has 0 saturated carbocycles. The Morgan fingerprint density at radius 2 is 2.20 bits per heavy atom. The van der Waals surface area contributed by atoms with Gasteiger partial charge in [-0.25, -0.2) is 4.68 Å². The fourth-order valence-electron chi connectivity index (χ4n) is 2.57. The van der Waals surface area contributed by atoms with Crippen molar-refractivity contribution in [3.05, 3.63) is 5.82 Å². The van der Waals surface area contributed by atoms with E-state index in [4.69, 9.17) is 10.5 Å². The molecule has 0 aliphatic carbocycles. The summed E-state index contributed by atoms with van der Waals surface area (Å²) in [5, 5.41) is 24.2. The van der Waals surface area contributed by atoms with Crippen molar-refractivity contribution in [2.24, 2.45) is 7.05 Å². The highest BCUT2D eigenvalue weighted by Gasteiger charge is 2.26. The Bertz CT molecular complexity index is 733. The molecule has 0 bridgehead atoms. The SMILES string of the molecule is CC(C)Oc1nc(NCc2nnnn2C)c(N)c(N2CCC(O)C2)n1. The topological polar surface area (TPSA) is 140 Å². The van der Waals surface area contributed by atoms with E-state index in [1.807, 2.05) is 18.7 Å². The maximum Gasteiger partial charge on any atom is 0.320 e. The van der Waals surface area contributed by atoms with Crippen LogP contribution in [0.15, 0.2) is 0 Å². The molecule has 11 nitrogen and oxygen atoms in total. The molecule has 1 aliphatic heterocycles. The summed E-state index contributed by atoms with van der Waals surface area (Å²) in [6.07, 6.45) is 0.221. The first-order chi connectivity index (χ1) is 11.9. The average Bonchev–Trinajstić information content (AvgIpc) is 3.15. The van der Waals surface area contributed by atoms with Crippen molar-refractivity contribution in [1.29, 1.82) is 0 Å². The number of nitrogens with zero attached hydrogens (tertiary/aromatic N) is 7. The van der Waals surface area contributed by atoms with Crippen LogP contribution >= 0.6 is 0 Å². The van der Waals surface area contributed by atoms with Gasteiger partial charge in [0.05, 0.1) is 18.8 Å². The summed E-state index contributed by atoms with van der Waals surface area (Å²) >= 11 is 0. The minimum absolute atomic E-state index is 0.0727. The molecule has 0 spiro atoms. The van der Waals surface area contributed by atoms with Gasteiger partial charge in [-0.1, -0.05) is 0 Å². The zero-order chi connectivity index (χ0) is 18.0. The summed E-state index contributed by atoms with van der Waals surface area (Å²) < 4.78 is 7.21. The smallest absolute Gasteiger partial charge is 0.320 e. The molecule has 3 rings (SSSR count). The third kappa shape index (κ3) is 3.87. The van der Waals surface area contributed by atoms with Crippen LogP contribution in [0.1, 0.15) is 26.1 Å². The molecule has 3 heterocycles. The molecule has 136 valence electrons. The number of nitrogens with one attached hydrogen (secondary N) is 1. The molecule has 0 aromatic carbocycles. The predicted molar refractivity (Wildman–Crippen MR) is 91.2 cm³/mol. The van der Waals surface area contributed by atoms with Crippen LogP contribution in [0.5, 0.6) is 6.01 Å². The molecule has 2 aromatic heterocycles. The van der Waals surface area contributed by atoms with Crippen molar-refractivity contribution in [3.63, 3.8) is 0 Å². The number of nitrogens with two attached hydrogens (primary N) is 1. The van der Waals surface area contributed by atoms with E-state index >= 15 is 0 Å². The lowest BCUT2D eigenvalue weighted by atomic mass is 10.3. The van der Waals surface area contributed by atoms with Crippen molar-refractivity contribution < 1.29 is 9.84 Å². The number of tetrazole rings is 1. The van der Waals surface area contributed by atoms with Gasteiger partial charge in [0.15, 0.2) is 17.5 Å². The largest absolute Gasteiger partial charge is 0.461 e. The second-order valence-corrected chi connectivity index (χ2v) is 6.22. The first kappa shape index (κ1) is 17.1. The summed E-state index contributed by atoms with van der Waals surface area (Å²) in [5.74, 6) is 1.65. The van der Waals surface area contributed by atoms with Crippen molar-refractivity contribution in [2.75, 3.05) is 29.0 Å². The van der Waals surface area contributed by atoms with E-state index in [0.29, 0.717) is 49.2 Å². The molecular weight excluding hydrogens is 326 g/mol. The first-order valence-corrected chi connectivity index (χ1v) is 8.16. The zero-order valence-electron chi connectivity index (χ0n) is 14.5. The van der Waals surface area contributed by atoms with Gasteiger partial charge >= 0.3 is 6.01 Å². The van der Waals surface area contributed by atoms with E-state index in [1.54, 1.807) is 11.7 Å². The first-order valence-electron chi connectivity index (χ1n) is 8.16. The minimum Gasteiger partial charge on any atom is -0.461 e. The highest BCUT2D eigenvalue weighted by atomic mass is 16.5. The molecule has 11 heteroatoms. The van der Waals surface area contributed by atoms with E-state index in [-0.39, 0.29) is 18.2 Å². The molecule has 4 N–H and O–H groups in total. The Balaban J connectivity index is 1.88. The van der Waals surface area contributed by atoms with Gasteiger partial charge < -0.3 is 25.8 Å². The number of ether oxygens (including phenoxy) is 1. The van der Waals surface area contributed by atoms with Gasteiger partial charge in [0.25, 0.3) is 0 Å². The summed E-state index contributed by atoms with van der Waals surface area (Å²) in [4.78, 5) is 10.7. The number of rotatable bonds is 6. The van der Waals surface area contributed by atoms with Gasteiger partial charge in [0.2, 0.25) is 0 Å². The summed E-state index contributed by atoms with van der Waals surface area (Å²) in [7, 11) is 1.75. The van der Waals surface area contributed by atoms with Crippen LogP contribution in [-0.2, 0) is 13.6 Å². The fourth-order valence-corrected chi connectivity index (χ4v) is 2.57. The van der Waals surface area contributed by atoms with Crippen LogP contribution < -0.4 is 20.7 Å². The van der Waals surface area contributed by atoms with E-state index < -0.39 is 0 Å². The normalized spacial score (nSPS) is 17.3. The predicted octanol–water partition coefficient (Wildman–Crippen LogP) is -0.447. The Labute approximate surface area is 145 Å². The number of nitrogen functional groups attached to an aromatic ring is 1. The molecule has 0 amide bonds. The summed E-state index contributed by atoms with van der Waals surface area (Å²) in [5.41, 5.74) is 6.66. The molecule has 1 saturated heterocycles. The number of hydrogen-bond donors (Lipinski definition) is 3. The van der Waals surface area contributed by atoms with E-state index in [9.17, 15) is 5.11 Å². The van der Waals surface area contributed by atoms with Crippen LogP contribution in [0.3, 0.4) is 0 Å². The quantitative estimate of drug-likeness (QED) is 0.628. The molecule has 2 aromatic rings. The number of aromatic nitrogens is 6. The Hall–Kier alpha value is -2.69. The summed E-state index contributed by atoms with van der Waals surface area (Å²) in [6, 6.07) is 0.235. The highest BCUT2D eigenvalue weighted by molar-refractivity contribution is 5.76. The van der Waals surface area contributed by atoms with E-state index in [0.717, 1.165) is 0 Å². The van der Waals surface area contributed by atoms with Crippen molar-refractivity contribution in [3.8, 4) is 6.01 Å². The lowest BCUT2D eigenvalue weighted by Crippen LogP contribution is -2.25. The minimum atomic E-state index is -0.384. The van der Waals surface area contributed by atoms with Crippen LogP contribution in [-0.4, -0.2) is 60.6 Å². The van der Waals surface area contributed by atoms with Gasteiger partial charge in [-0.05, 0) is 30.7 Å². The molecule has 1 aliphatic rings. The van der Waals surface area contributed by atoms with Crippen LogP contribution in [0.4, 0.5) is 17.3 Å². The monoisotopic (exact) mass is 349 g/mol. The lowest BCUT2D eigenvalue weighted by Gasteiger charge is -2.21. The van der Waals surface area contributed by atoms with Crippen molar-refractivity contribution in [1.82, 2.24) is 30.2 Å². The van der Waals surface area contributed by atoms with E-state index in [2.05, 4.69) is 30.8 Å². The average molecular weight is 349 g/mol. The second kappa shape index (κ2) is 7.05. The van der Waals surface area contributed by atoms with E-state index in [1.165, 1.54) is 0 Å². The molecule has 1 atom stereocenters. The maximum atomic E-state index is 9.80. The van der Waals surface area contributed by atoms with Gasteiger partial charge in [-0.2, -0.15) is 9.97 Å². The van der Waals surface area contributed by atoms with Gasteiger partial charge in [0.1, 0.15) is 5.69 Å². The zero-order valence-corrected chi connectivity index (χ0v) is 14.5. The fraction of sp³-hybridized carbons (Fsp3) is 0.643. The third-order valence-electron chi connectivity index (χ3n) is 3.83. The molecule has 0 radical (unpaired) electrons. The third-order valence-corrected chi connectivity index (χ3v) is 3.83. The Morgan fingerprint density at radius 3 is 2.80 bits per heavy atom. The maximum absolute atomic E-state index is 9.80. The Morgan fingerprint density at radius 1 is 1.40 bits per heavy atom. The lowest BCUT2D eigenvalue weighted by molar-refractivity contribution is 0.198. The number of hydrogen-bond acceptors (Lipinski definition) is 10. The highest BCUT2D eigenvalue weighted by Crippen LogP contribution is 2.32. The number of β-amino-alcohol motifs (C(OH)–C–C–N with tert-alkyl or cyclic N) is 1. The Kier molecular flexibility index (Phi) is 4.83. The number of aliphatic hydroxyl groups excluding tert-OH is 1. The van der Waals surface area contributed by atoms with Gasteiger partial charge in [0, 0.05) is 20.1 Å².